The van der Waals surface area contributed by atoms with Gasteiger partial charge in [-0.3, -0.25) is 4.79 Å². The van der Waals surface area contributed by atoms with Crippen LogP contribution < -0.4 is 5.32 Å². The van der Waals surface area contributed by atoms with Gasteiger partial charge in [-0.05, 0) is 31.2 Å². The van der Waals surface area contributed by atoms with Crippen LogP contribution in [0.1, 0.15) is 16.8 Å². The molecular weight excluding hydrogens is 254 g/mol. The Kier molecular flexibility index (Phi) is 3.47. The van der Waals surface area contributed by atoms with Gasteiger partial charge in [-0.25, -0.2) is 9.67 Å². The first-order chi connectivity index (χ1) is 9.77. The summed E-state index contributed by atoms with van der Waals surface area (Å²) in [6.07, 6.45) is 6.12. The van der Waals surface area contributed by atoms with E-state index >= 15 is 0 Å². The number of hydrogen-bond acceptors (Lipinski definition) is 4. The molecule has 0 aliphatic carbocycles. The van der Waals surface area contributed by atoms with Crippen LogP contribution in [0.5, 0.6) is 0 Å². The Labute approximate surface area is 117 Å². The van der Waals surface area contributed by atoms with Gasteiger partial charge in [0.25, 0.3) is 5.91 Å². The first-order valence-corrected chi connectivity index (χ1v) is 6.70. The standard InChI is InChI=1S/C14H17N5O/c1-18(11-5-8-15-10-11)14(20)12-4-2-6-16-13(12)19-9-3-7-17-19/h2-4,6-7,9,11,15H,5,8,10H2,1H3. The maximum absolute atomic E-state index is 12.7. The fraction of sp³-hybridized carbons (Fsp3) is 0.357. The van der Waals surface area contributed by atoms with Crippen molar-refractivity contribution in [1.82, 2.24) is 25.0 Å². The fourth-order valence-corrected chi connectivity index (χ4v) is 2.47. The minimum atomic E-state index is -0.0164. The Bertz CT molecular complexity index is 589. The van der Waals surface area contributed by atoms with Crippen LogP contribution in [-0.4, -0.2) is 51.8 Å². The number of carbonyl (C=O) groups excluding carboxylic acids is 1. The highest BCUT2D eigenvalue weighted by atomic mass is 16.2. The highest BCUT2D eigenvalue weighted by Crippen LogP contribution is 2.16. The summed E-state index contributed by atoms with van der Waals surface area (Å²) in [7, 11) is 1.85. The second-order valence-corrected chi connectivity index (χ2v) is 4.89. The molecule has 0 bridgehead atoms. The molecule has 3 heterocycles. The molecule has 1 atom stereocenters. The monoisotopic (exact) mass is 271 g/mol. The van der Waals surface area contributed by atoms with Crippen molar-refractivity contribution in [2.75, 3.05) is 20.1 Å². The van der Waals surface area contributed by atoms with E-state index in [2.05, 4.69) is 15.4 Å². The van der Waals surface area contributed by atoms with Gasteiger partial charge < -0.3 is 10.2 Å². The molecule has 1 N–H and O–H groups in total. The van der Waals surface area contributed by atoms with Crippen LogP contribution >= 0.6 is 0 Å². The normalized spacial score (nSPS) is 18.1. The zero-order valence-electron chi connectivity index (χ0n) is 11.4. The maximum Gasteiger partial charge on any atom is 0.257 e. The van der Waals surface area contributed by atoms with E-state index in [4.69, 9.17) is 0 Å². The quantitative estimate of drug-likeness (QED) is 0.892. The number of hydrogen-bond donors (Lipinski definition) is 1. The maximum atomic E-state index is 12.7. The van der Waals surface area contributed by atoms with E-state index in [0.29, 0.717) is 11.4 Å². The minimum Gasteiger partial charge on any atom is -0.337 e. The number of likely N-dealkylation sites (N-methyl/N-ethyl adjacent to an activating group) is 1. The summed E-state index contributed by atoms with van der Waals surface area (Å²) in [5.41, 5.74) is 0.575. The van der Waals surface area contributed by atoms with Crippen LogP contribution in [0.25, 0.3) is 5.82 Å². The lowest BCUT2D eigenvalue weighted by atomic mass is 10.1. The lowest BCUT2D eigenvalue weighted by Gasteiger charge is -2.24. The summed E-state index contributed by atoms with van der Waals surface area (Å²) in [5, 5.41) is 7.43. The fourth-order valence-electron chi connectivity index (χ4n) is 2.47. The zero-order valence-corrected chi connectivity index (χ0v) is 11.4. The summed E-state index contributed by atoms with van der Waals surface area (Å²) < 4.78 is 1.62. The third-order valence-corrected chi connectivity index (χ3v) is 3.64. The summed E-state index contributed by atoms with van der Waals surface area (Å²) in [6, 6.07) is 5.63. The van der Waals surface area contributed by atoms with E-state index in [0.717, 1.165) is 19.5 Å². The number of nitrogens with one attached hydrogen (secondary N) is 1. The van der Waals surface area contributed by atoms with E-state index in [9.17, 15) is 4.79 Å². The summed E-state index contributed by atoms with van der Waals surface area (Å²) >= 11 is 0. The highest BCUT2D eigenvalue weighted by Gasteiger charge is 2.26. The van der Waals surface area contributed by atoms with Gasteiger partial charge in [0, 0.05) is 38.2 Å². The Morgan fingerprint density at radius 3 is 3.05 bits per heavy atom. The number of pyridine rings is 1. The summed E-state index contributed by atoms with van der Waals surface area (Å²) in [5.74, 6) is 0.553. The molecule has 1 amide bonds. The molecule has 1 saturated heterocycles. The van der Waals surface area contributed by atoms with Gasteiger partial charge in [0.2, 0.25) is 0 Å². The molecule has 1 aliphatic rings. The first kappa shape index (κ1) is 12.8. The van der Waals surface area contributed by atoms with E-state index in [-0.39, 0.29) is 11.9 Å². The molecule has 0 saturated carbocycles. The van der Waals surface area contributed by atoms with Crippen molar-refractivity contribution < 1.29 is 4.79 Å². The van der Waals surface area contributed by atoms with Gasteiger partial charge in [-0.2, -0.15) is 5.10 Å². The van der Waals surface area contributed by atoms with E-state index in [1.807, 2.05) is 13.1 Å². The third kappa shape index (κ3) is 2.30. The minimum absolute atomic E-state index is 0.0164. The molecule has 2 aromatic heterocycles. The van der Waals surface area contributed by atoms with Crippen LogP contribution in [0.2, 0.25) is 0 Å². The van der Waals surface area contributed by atoms with Gasteiger partial charge in [-0.15, -0.1) is 0 Å². The van der Waals surface area contributed by atoms with Crippen molar-refractivity contribution in [2.24, 2.45) is 0 Å². The molecule has 0 radical (unpaired) electrons. The number of nitrogens with zero attached hydrogens (tertiary/aromatic N) is 4. The molecule has 104 valence electrons. The Hall–Kier alpha value is -2.21. The van der Waals surface area contributed by atoms with Crippen LogP contribution in [0.3, 0.4) is 0 Å². The Morgan fingerprint density at radius 1 is 1.45 bits per heavy atom. The predicted molar refractivity (Wildman–Crippen MR) is 74.7 cm³/mol. The summed E-state index contributed by atoms with van der Waals surface area (Å²) in [6.45, 7) is 1.81. The molecule has 1 aliphatic heterocycles. The molecule has 2 aromatic rings. The second kappa shape index (κ2) is 5.42. The van der Waals surface area contributed by atoms with Gasteiger partial charge in [0.15, 0.2) is 5.82 Å². The molecule has 6 nitrogen and oxygen atoms in total. The van der Waals surface area contributed by atoms with E-state index < -0.39 is 0 Å². The molecular formula is C14H17N5O. The van der Waals surface area contributed by atoms with Gasteiger partial charge in [0.05, 0.1) is 5.56 Å². The Balaban J connectivity index is 1.91. The molecule has 20 heavy (non-hydrogen) atoms. The van der Waals surface area contributed by atoms with Crippen molar-refractivity contribution in [3.05, 3.63) is 42.4 Å². The lowest BCUT2D eigenvalue weighted by molar-refractivity contribution is 0.0743. The first-order valence-electron chi connectivity index (χ1n) is 6.70. The largest absolute Gasteiger partial charge is 0.337 e. The average molecular weight is 271 g/mol. The van der Waals surface area contributed by atoms with Gasteiger partial charge in [-0.1, -0.05) is 0 Å². The third-order valence-electron chi connectivity index (χ3n) is 3.64. The smallest absolute Gasteiger partial charge is 0.257 e. The number of aromatic nitrogens is 3. The van der Waals surface area contributed by atoms with Crippen molar-refractivity contribution >= 4 is 5.91 Å². The predicted octanol–water partition coefficient (Wildman–Crippen LogP) is 0.701. The molecule has 6 heteroatoms. The zero-order chi connectivity index (χ0) is 13.9. The molecule has 0 spiro atoms. The lowest BCUT2D eigenvalue weighted by Crippen LogP contribution is -2.38. The van der Waals surface area contributed by atoms with Crippen molar-refractivity contribution in [2.45, 2.75) is 12.5 Å². The van der Waals surface area contributed by atoms with Gasteiger partial charge >= 0.3 is 0 Å². The van der Waals surface area contributed by atoms with Crippen molar-refractivity contribution in [3.63, 3.8) is 0 Å². The van der Waals surface area contributed by atoms with E-state index in [1.165, 1.54) is 0 Å². The topological polar surface area (TPSA) is 63.1 Å². The number of carbonyl (C=O) groups is 1. The van der Waals surface area contributed by atoms with E-state index in [1.54, 1.807) is 40.3 Å². The van der Waals surface area contributed by atoms with Crippen LogP contribution in [0.15, 0.2) is 36.8 Å². The molecule has 3 rings (SSSR count). The van der Waals surface area contributed by atoms with Crippen molar-refractivity contribution in [3.8, 4) is 5.82 Å². The van der Waals surface area contributed by atoms with Crippen LogP contribution in [-0.2, 0) is 0 Å². The SMILES string of the molecule is CN(C(=O)c1cccnc1-n1cccn1)C1CCNC1. The number of rotatable bonds is 3. The molecule has 1 fully saturated rings. The molecule has 1 unspecified atom stereocenters. The second-order valence-electron chi connectivity index (χ2n) is 4.89. The average Bonchev–Trinajstić information content (AvgIpc) is 3.18. The van der Waals surface area contributed by atoms with Crippen molar-refractivity contribution in [1.29, 1.82) is 0 Å². The summed E-state index contributed by atoms with van der Waals surface area (Å²) in [4.78, 5) is 18.7. The number of amides is 1. The molecule has 0 aromatic carbocycles. The van der Waals surface area contributed by atoms with Gasteiger partial charge in [0.1, 0.15) is 0 Å². The van der Waals surface area contributed by atoms with Crippen LogP contribution in [0.4, 0.5) is 0 Å². The van der Waals surface area contributed by atoms with Crippen LogP contribution in [0, 0.1) is 0 Å². The Morgan fingerprint density at radius 2 is 2.35 bits per heavy atom. The highest BCUT2D eigenvalue weighted by molar-refractivity contribution is 5.97.